The average Bonchev–Trinajstić information content (AvgIpc) is 2.53. The highest BCUT2D eigenvalue weighted by Crippen LogP contribution is 2.33. The number of hydrogen-bond acceptors (Lipinski definition) is 3. The lowest BCUT2D eigenvalue weighted by Gasteiger charge is -2.28. The van der Waals surface area contributed by atoms with Gasteiger partial charge in [-0.3, -0.25) is 0 Å². The fourth-order valence-electron chi connectivity index (χ4n) is 2.69. The molecule has 24 heavy (non-hydrogen) atoms. The van der Waals surface area contributed by atoms with Gasteiger partial charge in [0.05, 0.1) is 0 Å². The second-order valence-corrected chi connectivity index (χ2v) is 7.26. The van der Waals surface area contributed by atoms with Crippen LogP contribution in [0.2, 0.25) is 0 Å². The third kappa shape index (κ3) is 3.39. The van der Waals surface area contributed by atoms with Crippen LogP contribution in [0, 0.1) is 0 Å². The van der Waals surface area contributed by atoms with Gasteiger partial charge in [0.1, 0.15) is 10.6 Å². The van der Waals surface area contributed by atoms with E-state index in [9.17, 15) is 21.6 Å². The Hall–Kier alpha value is -2.06. The van der Waals surface area contributed by atoms with Crippen molar-refractivity contribution < 1.29 is 26.3 Å². The lowest BCUT2D eigenvalue weighted by Crippen LogP contribution is -2.36. The first-order chi connectivity index (χ1) is 11.3. The maximum atomic E-state index is 12.8. The zero-order valence-corrected chi connectivity index (χ0v) is 13.3. The number of para-hydroxylation sites is 1. The van der Waals surface area contributed by atoms with Crippen molar-refractivity contribution in [1.29, 1.82) is 0 Å². The van der Waals surface area contributed by atoms with E-state index in [0.29, 0.717) is 6.42 Å². The molecule has 8 heteroatoms. The molecule has 2 aromatic carbocycles. The van der Waals surface area contributed by atoms with E-state index in [1.165, 1.54) is 16.4 Å². The van der Waals surface area contributed by atoms with Crippen LogP contribution < -0.4 is 4.74 Å². The smallest absolute Gasteiger partial charge is 0.404 e. The molecule has 2 aromatic rings. The lowest BCUT2D eigenvalue weighted by molar-refractivity contribution is -0.275. The molecule has 0 saturated heterocycles. The zero-order valence-electron chi connectivity index (χ0n) is 12.5. The SMILES string of the molecule is O=S(=O)(c1ccccc1OC(F)(F)F)N1CCc2ccccc2C1. The van der Waals surface area contributed by atoms with Gasteiger partial charge in [0.25, 0.3) is 0 Å². The van der Waals surface area contributed by atoms with Gasteiger partial charge in [0.2, 0.25) is 10.0 Å². The average molecular weight is 357 g/mol. The molecule has 0 bridgehead atoms. The third-order valence-corrected chi connectivity index (χ3v) is 5.67. The van der Waals surface area contributed by atoms with E-state index in [-0.39, 0.29) is 13.1 Å². The lowest BCUT2D eigenvalue weighted by atomic mass is 10.0. The molecule has 1 aliphatic heterocycles. The van der Waals surface area contributed by atoms with Crippen LogP contribution in [-0.2, 0) is 23.0 Å². The first kappa shape index (κ1) is 16.8. The molecule has 0 radical (unpaired) electrons. The highest BCUT2D eigenvalue weighted by Gasteiger charge is 2.36. The fourth-order valence-corrected chi connectivity index (χ4v) is 4.22. The molecule has 0 atom stereocenters. The van der Waals surface area contributed by atoms with Crippen LogP contribution in [0.4, 0.5) is 13.2 Å². The summed E-state index contributed by atoms with van der Waals surface area (Å²) in [5.74, 6) is -0.719. The number of hydrogen-bond donors (Lipinski definition) is 0. The van der Waals surface area contributed by atoms with E-state index < -0.39 is 27.0 Å². The Kier molecular flexibility index (Phi) is 4.27. The largest absolute Gasteiger partial charge is 0.573 e. The molecule has 0 unspecified atom stereocenters. The van der Waals surface area contributed by atoms with Crippen molar-refractivity contribution >= 4 is 10.0 Å². The highest BCUT2D eigenvalue weighted by atomic mass is 32.2. The number of halogens is 3. The second kappa shape index (κ2) is 6.10. The van der Waals surface area contributed by atoms with Crippen molar-refractivity contribution in [2.75, 3.05) is 6.54 Å². The summed E-state index contributed by atoms with van der Waals surface area (Å²) in [6.45, 7) is 0.332. The van der Waals surface area contributed by atoms with E-state index in [1.54, 1.807) is 6.07 Å². The summed E-state index contributed by atoms with van der Waals surface area (Å²) in [6.07, 6.45) is -4.45. The van der Waals surface area contributed by atoms with E-state index in [4.69, 9.17) is 0 Å². The molecule has 0 fully saturated rings. The maximum Gasteiger partial charge on any atom is 0.573 e. The number of ether oxygens (including phenoxy) is 1. The van der Waals surface area contributed by atoms with Crippen molar-refractivity contribution in [2.24, 2.45) is 0 Å². The van der Waals surface area contributed by atoms with Crippen LogP contribution in [0.3, 0.4) is 0 Å². The van der Waals surface area contributed by atoms with Crippen molar-refractivity contribution in [3.63, 3.8) is 0 Å². The van der Waals surface area contributed by atoms with Gasteiger partial charge in [-0.2, -0.15) is 4.31 Å². The van der Waals surface area contributed by atoms with Crippen LogP contribution in [0.15, 0.2) is 53.4 Å². The molecule has 4 nitrogen and oxygen atoms in total. The molecule has 0 aromatic heterocycles. The number of nitrogens with zero attached hydrogens (tertiary/aromatic N) is 1. The minimum Gasteiger partial charge on any atom is -0.404 e. The van der Waals surface area contributed by atoms with Crippen LogP contribution in [0.25, 0.3) is 0 Å². The van der Waals surface area contributed by atoms with Gasteiger partial charge >= 0.3 is 6.36 Å². The van der Waals surface area contributed by atoms with Gasteiger partial charge in [0.15, 0.2) is 0 Å². The Bertz CT molecular complexity index is 850. The summed E-state index contributed by atoms with van der Waals surface area (Å²) in [5.41, 5.74) is 1.89. The first-order valence-corrected chi connectivity index (χ1v) is 8.63. The normalized spacial score (nSPS) is 15.8. The molecule has 0 amide bonds. The van der Waals surface area contributed by atoms with E-state index in [0.717, 1.165) is 23.3 Å². The Labute approximate surface area is 137 Å². The third-order valence-electron chi connectivity index (χ3n) is 3.79. The van der Waals surface area contributed by atoms with Crippen LogP contribution in [0.1, 0.15) is 11.1 Å². The first-order valence-electron chi connectivity index (χ1n) is 7.19. The van der Waals surface area contributed by atoms with Crippen molar-refractivity contribution in [3.05, 3.63) is 59.7 Å². The van der Waals surface area contributed by atoms with E-state index >= 15 is 0 Å². The van der Waals surface area contributed by atoms with Crippen molar-refractivity contribution in [3.8, 4) is 5.75 Å². The number of benzene rings is 2. The minimum absolute atomic E-state index is 0.124. The molecule has 1 heterocycles. The molecule has 0 spiro atoms. The standard InChI is InChI=1S/C16H14F3NO3S/c17-16(18,19)23-14-7-3-4-8-15(14)24(21,22)20-10-9-12-5-1-2-6-13(12)11-20/h1-8H,9-11H2. The molecule has 0 N–H and O–H groups in total. The summed E-state index contributed by atoms with van der Waals surface area (Å²) in [6, 6.07) is 12.2. The molecular formula is C16H14F3NO3S. The number of fused-ring (bicyclic) bond motifs is 1. The van der Waals surface area contributed by atoms with Gasteiger partial charge in [-0.1, -0.05) is 36.4 Å². The predicted molar refractivity (Wildman–Crippen MR) is 80.9 cm³/mol. The number of rotatable bonds is 3. The second-order valence-electron chi connectivity index (χ2n) is 5.35. The Morgan fingerprint density at radius 2 is 1.58 bits per heavy atom. The number of alkyl halides is 3. The van der Waals surface area contributed by atoms with Crippen LogP contribution >= 0.6 is 0 Å². The quantitative estimate of drug-likeness (QED) is 0.847. The van der Waals surface area contributed by atoms with E-state index in [2.05, 4.69) is 4.74 Å². The minimum atomic E-state index is -4.96. The summed E-state index contributed by atoms with van der Waals surface area (Å²) in [7, 11) is -4.10. The summed E-state index contributed by atoms with van der Waals surface area (Å²) < 4.78 is 68.2. The summed E-state index contributed by atoms with van der Waals surface area (Å²) in [5, 5.41) is 0. The van der Waals surface area contributed by atoms with Gasteiger partial charge < -0.3 is 4.74 Å². The molecule has 0 aliphatic carbocycles. The Morgan fingerprint density at radius 3 is 2.29 bits per heavy atom. The van der Waals surface area contributed by atoms with E-state index in [1.807, 2.05) is 18.2 Å². The predicted octanol–water partition coefficient (Wildman–Crippen LogP) is 3.33. The molecular weight excluding hydrogens is 343 g/mol. The van der Waals surface area contributed by atoms with Crippen LogP contribution in [-0.4, -0.2) is 25.6 Å². The molecule has 3 rings (SSSR count). The van der Waals surface area contributed by atoms with Crippen molar-refractivity contribution in [1.82, 2.24) is 4.31 Å². The van der Waals surface area contributed by atoms with Gasteiger partial charge in [-0.25, -0.2) is 8.42 Å². The number of sulfonamides is 1. The van der Waals surface area contributed by atoms with Gasteiger partial charge in [-0.05, 0) is 29.7 Å². The van der Waals surface area contributed by atoms with Gasteiger partial charge in [0, 0.05) is 13.1 Å². The topological polar surface area (TPSA) is 46.6 Å². The fraction of sp³-hybridized carbons (Fsp3) is 0.250. The zero-order chi connectivity index (χ0) is 17.4. The van der Waals surface area contributed by atoms with Crippen molar-refractivity contribution in [2.45, 2.75) is 24.2 Å². The molecule has 1 aliphatic rings. The Morgan fingerprint density at radius 1 is 0.958 bits per heavy atom. The Balaban J connectivity index is 1.95. The monoisotopic (exact) mass is 357 g/mol. The summed E-state index contributed by atoms with van der Waals surface area (Å²) >= 11 is 0. The molecule has 0 saturated carbocycles. The van der Waals surface area contributed by atoms with Gasteiger partial charge in [-0.15, -0.1) is 13.2 Å². The maximum absolute atomic E-state index is 12.8. The van der Waals surface area contributed by atoms with Crippen LogP contribution in [0.5, 0.6) is 5.75 Å². The summed E-state index contributed by atoms with van der Waals surface area (Å²) in [4.78, 5) is -0.485. The molecule has 128 valence electrons. The highest BCUT2D eigenvalue weighted by molar-refractivity contribution is 7.89.